The molecule has 0 amide bonds. The Hall–Kier alpha value is -2.00. The van der Waals surface area contributed by atoms with Crippen LogP contribution in [0.5, 0.6) is 5.75 Å². The molecule has 0 atom stereocenters. The van der Waals surface area contributed by atoms with Gasteiger partial charge in [-0.25, -0.2) is 9.97 Å². The zero-order valence-corrected chi connectivity index (χ0v) is 14.8. The Labute approximate surface area is 153 Å². The van der Waals surface area contributed by atoms with Crippen molar-refractivity contribution < 1.29 is 17.9 Å². The first-order valence-electron chi connectivity index (χ1n) is 8.23. The molecule has 1 aliphatic rings. The fourth-order valence-corrected chi connectivity index (χ4v) is 3.55. The van der Waals surface area contributed by atoms with Gasteiger partial charge in [-0.1, -0.05) is 17.8 Å². The average Bonchev–Trinajstić information content (AvgIpc) is 2.61. The summed E-state index contributed by atoms with van der Waals surface area (Å²) in [5, 5.41) is 0.606. The van der Waals surface area contributed by atoms with Gasteiger partial charge in [-0.2, -0.15) is 0 Å². The molecule has 1 saturated heterocycles. The summed E-state index contributed by atoms with van der Waals surface area (Å²) in [5.74, 6) is 1.12. The highest BCUT2D eigenvalue weighted by atomic mass is 32.2. The van der Waals surface area contributed by atoms with E-state index in [0.717, 1.165) is 31.7 Å². The number of ether oxygens (including phenoxy) is 1. The molecule has 1 aliphatic heterocycles. The zero-order valence-electron chi connectivity index (χ0n) is 13.9. The highest BCUT2D eigenvalue weighted by Crippen LogP contribution is 2.31. The van der Waals surface area contributed by atoms with E-state index < -0.39 is 6.36 Å². The molecule has 3 rings (SSSR count). The molecule has 5 nitrogen and oxygen atoms in total. The van der Waals surface area contributed by atoms with E-state index in [1.807, 2.05) is 0 Å². The highest BCUT2D eigenvalue weighted by Gasteiger charge is 2.31. The second-order valence-electron chi connectivity index (χ2n) is 6.00. The second kappa shape index (κ2) is 8.13. The lowest BCUT2D eigenvalue weighted by Crippen LogP contribution is -2.36. The minimum atomic E-state index is -4.71. The molecule has 0 spiro atoms. The van der Waals surface area contributed by atoms with Crippen molar-refractivity contribution in [1.29, 1.82) is 0 Å². The van der Waals surface area contributed by atoms with Crippen molar-refractivity contribution in [1.82, 2.24) is 9.97 Å². The maximum Gasteiger partial charge on any atom is 0.573 e. The van der Waals surface area contributed by atoms with Gasteiger partial charge in [-0.3, -0.25) is 0 Å². The lowest BCUT2D eigenvalue weighted by Gasteiger charge is -2.31. The molecule has 26 heavy (non-hydrogen) atoms. The van der Waals surface area contributed by atoms with Crippen molar-refractivity contribution in [3.05, 3.63) is 36.7 Å². The highest BCUT2D eigenvalue weighted by molar-refractivity contribution is 7.99. The number of nitrogens with two attached hydrogens (primary N) is 1. The maximum atomic E-state index is 12.3. The van der Waals surface area contributed by atoms with Crippen molar-refractivity contribution in [2.24, 2.45) is 11.7 Å². The third-order valence-electron chi connectivity index (χ3n) is 4.15. The summed E-state index contributed by atoms with van der Waals surface area (Å²) in [5.41, 5.74) is 5.70. The second-order valence-corrected chi connectivity index (χ2v) is 7.10. The van der Waals surface area contributed by atoms with Crippen LogP contribution in [0.25, 0.3) is 0 Å². The number of piperidine rings is 1. The van der Waals surface area contributed by atoms with Gasteiger partial charge < -0.3 is 15.4 Å². The van der Waals surface area contributed by atoms with E-state index in [1.54, 1.807) is 18.5 Å². The van der Waals surface area contributed by atoms with Crippen LogP contribution in [-0.4, -0.2) is 36.0 Å². The van der Waals surface area contributed by atoms with Crippen LogP contribution in [-0.2, 0) is 0 Å². The molecule has 2 N–H and O–H groups in total. The van der Waals surface area contributed by atoms with E-state index in [9.17, 15) is 13.2 Å². The van der Waals surface area contributed by atoms with Crippen LogP contribution in [0, 0.1) is 5.92 Å². The van der Waals surface area contributed by atoms with Crippen LogP contribution in [0.3, 0.4) is 0 Å². The number of aromatic nitrogens is 2. The standard InChI is InChI=1S/C17H19F3N4OS/c18-17(19,20)25-13-2-1-3-14(8-13)26-16-11-22-15(10-23-16)24-6-4-12(9-21)5-7-24/h1-3,8,10-12H,4-7,9,21H2. The normalized spacial score (nSPS) is 15.9. The van der Waals surface area contributed by atoms with Crippen molar-refractivity contribution in [3.8, 4) is 5.75 Å². The van der Waals surface area contributed by atoms with Gasteiger partial charge in [0.1, 0.15) is 16.6 Å². The molecule has 1 fully saturated rings. The first-order valence-corrected chi connectivity index (χ1v) is 9.05. The molecule has 2 heterocycles. The van der Waals surface area contributed by atoms with Gasteiger partial charge in [0.15, 0.2) is 0 Å². The molecule has 0 bridgehead atoms. The smallest absolute Gasteiger partial charge is 0.406 e. The van der Waals surface area contributed by atoms with Crippen LogP contribution in [0.15, 0.2) is 46.6 Å². The molecule has 0 unspecified atom stereocenters. The number of rotatable bonds is 5. The number of anilines is 1. The van der Waals surface area contributed by atoms with Crippen LogP contribution in [0.4, 0.5) is 19.0 Å². The Bertz CT molecular complexity index is 719. The molecule has 9 heteroatoms. The van der Waals surface area contributed by atoms with Gasteiger partial charge in [0.2, 0.25) is 0 Å². The quantitative estimate of drug-likeness (QED) is 0.848. The van der Waals surface area contributed by atoms with Gasteiger partial charge in [-0.05, 0) is 43.5 Å². The fourth-order valence-electron chi connectivity index (χ4n) is 2.78. The van der Waals surface area contributed by atoms with E-state index >= 15 is 0 Å². The van der Waals surface area contributed by atoms with Gasteiger partial charge in [0, 0.05) is 18.0 Å². The van der Waals surface area contributed by atoms with Gasteiger partial charge >= 0.3 is 6.36 Å². The van der Waals surface area contributed by atoms with E-state index in [1.165, 1.54) is 30.0 Å². The van der Waals surface area contributed by atoms with Crippen LogP contribution >= 0.6 is 11.8 Å². The predicted octanol–water partition coefficient (Wildman–Crippen LogP) is 3.70. The lowest BCUT2D eigenvalue weighted by molar-refractivity contribution is -0.274. The van der Waals surface area contributed by atoms with E-state index in [0.29, 0.717) is 22.4 Å². The monoisotopic (exact) mass is 384 g/mol. The largest absolute Gasteiger partial charge is 0.573 e. The van der Waals surface area contributed by atoms with Crippen molar-refractivity contribution in [2.75, 3.05) is 24.5 Å². The first-order chi connectivity index (χ1) is 12.4. The van der Waals surface area contributed by atoms with E-state index in [-0.39, 0.29) is 5.75 Å². The molecule has 0 saturated carbocycles. The SMILES string of the molecule is NCC1CCN(c2cnc(Sc3cccc(OC(F)(F)F)c3)cn2)CC1. The Morgan fingerprint density at radius 3 is 2.58 bits per heavy atom. The topological polar surface area (TPSA) is 64.3 Å². The molecular formula is C17H19F3N4OS. The molecule has 0 aliphatic carbocycles. The fraction of sp³-hybridized carbons (Fsp3) is 0.412. The van der Waals surface area contributed by atoms with Crippen molar-refractivity contribution in [2.45, 2.75) is 29.1 Å². The third kappa shape index (κ3) is 5.25. The molecule has 1 aromatic carbocycles. The summed E-state index contributed by atoms with van der Waals surface area (Å²) in [7, 11) is 0. The number of halogens is 3. The van der Waals surface area contributed by atoms with Crippen molar-refractivity contribution >= 4 is 17.6 Å². The summed E-state index contributed by atoms with van der Waals surface area (Å²) in [6.45, 7) is 2.52. The first kappa shape index (κ1) is 18.8. The van der Waals surface area contributed by atoms with E-state index in [4.69, 9.17) is 5.73 Å². The van der Waals surface area contributed by atoms with Crippen LogP contribution < -0.4 is 15.4 Å². The Morgan fingerprint density at radius 2 is 1.96 bits per heavy atom. The molecular weight excluding hydrogens is 365 g/mol. The zero-order chi connectivity index (χ0) is 18.6. The summed E-state index contributed by atoms with van der Waals surface area (Å²) in [6.07, 6.45) is 0.705. The van der Waals surface area contributed by atoms with Crippen molar-refractivity contribution in [3.63, 3.8) is 0 Å². The van der Waals surface area contributed by atoms with Crippen LogP contribution in [0.2, 0.25) is 0 Å². The number of benzene rings is 1. The van der Waals surface area contributed by atoms with Gasteiger partial charge in [-0.15, -0.1) is 13.2 Å². The predicted molar refractivity (Wildman–Crippen MR) is 93.3 cm³/mol. The third-order valence-corrected chi connectivity index (χ3v) is 5.06. The minimum Gasteiger partial charge on any atom is -0.406 e. The Balaban J connectivity index is 1.62. The Kier molecular flexibility index (Phi) is 5.87. The maximum absolute atomic E-state index is 12.3. The summed E-state index contributed by atoms with van der Waals surface area (Å²) in [4.78, 5) is 11.6. The minimum absolute atomic E-state index is 0.255. The number of hydrogen-bond acceptors (Lipinski definition) is 6. The molecule has 0 radical (unpaired) electrons. The molecule has 1 aromatic heterocycles. The van der Waals surface area contributed by atoms with Crippen LogP contribution in [0.1, 0.15) is 12.8 Å². The van der Waals surface area contributed by atoms with Gasteiger partial charge in [0.25, 0.3) is 0 Å². The van der Waals surface area contributed by atoms with Gasteiger partial charge in [0.05, 0.1) is 12.4 Å². The van der Waals surface area contributed by atoms with E-state index in [2.05, 4.69) is 19.6 Å². The molecule has 2 aromatic rings. The Morgan fingerprint density at radius 1 is 1.19 bits per heavy atom. The number of alkyl halides is 3. The number of hydrogen-bond donors (Lipinski definition) is 1. The summed E-state index contributed by atoms with van der Waals surface area (Å²) >= 11 is 1.23. The number of nitrogens with zero attached hydrogens (tertiary/aromatic N) is 3. The summed E-state index contributed by atoms with van der Waals surface area (Å²) in [6, 6.07) is 5.79. The lowest BCUT2D eigenvalue weighted by atomic mass is 9.97. The molecule has 140 valence electrons. The summed E-state index contributed by atoms with van der Waals surface area (Å²) < 4.78 is 40.8. The average molecular weight is 384 g/mol.